The summed E-state index contributed by atoms with van der Waals surface area (Å²) in [4.78, 5) is 64.0. The normalized spacial score (nSPS) is 29.7. The highest BCUT2D eigenvalue weighted by molar-refractivity contribution is 5.98. The molecule has 0 aliphatic carbocycles. The van der Waals surface area contributed by atoms with Gasteiger partial charge in [-0.15, -0.1) is 0 Å². The van der Waals surface area contributed by atoms with Gasteiger partial charge >= 0.3 is 29.8 Å². The van der Waals surface area contributed by atoms with E-state index in [-0.39, 0.29) is 23.8 Å². The van der Waals surface area contributed by atoms with Crippen molar-refractivity contribution in [3.63, 3.8) is 0 Å². The summed E-state index contributed by atoms with van der Waals surface area (Å²) in [7, 11) is 0.764. The van der Waals surface area contributed by atoms with E-state index in [1.807, 2.05) is 58.0 Å². The molecule has 50 heavy (non-hydrogen) atoms. The molecule has 1 aromatic carbocycles. The molecule has 0 amide bonds. The first-order valence-electron chi connectivity index (χ1n) is 16.5. The summed E-state index contributed by atoms with van der Waals surface area (Å²) >= 11 is 0. The number of aliphatic carboxylic acids is 2. The number of aliphatic hydroxyl groups is 2. The summed E-state index contributed by atoms with van der Waals surface area (Å²) < 4.78 is 27.1. The smallest absolute Gasteiger partial charge is 0.345 e. The Balaban J connectivity index is 2.04. The Morgan fingerprint density at radius 2 is 1.72 bits per heavy atom. The number of ether oxygens (including phenoxy) is 5. The summed E-state index contributed by atoms with van der Waals surface area (Å²) in [5.74, 6) is -10.4. The third kappa shape index (κ3) is 7.93. The van der Waals surface area contributed by atoms with Gasteiger partial charge in [-0.1, -0.05) is 77.1 Å². The number of benzene rings is 1. The minimum absolute atomic E-state index is 0.103. The lowest BCUT2D eigenvalue weighted by molar-refractivity contribution is -0.374. The SMILES string of the molecule is C=C(CCC12OC(C(=O)O)C(O)(C(=O)OC)C(C(=O)O)(O1)[C@@H](OC(=O)/C=C/[C@@H](C)C[C@@H](C)CC)[C@H]2O)C(OC(C)=O)[C@H](C)Cc1ccccc1. The van der Waals surface area contributed by atoms with Crippen LogP contribution >= 0.6 is 0 Å². The van der Waals surface area contributed by atoms with Crippen molar-refractivity contribution in [2.45, 2.75) is 108 Å². The lowest BCUT2D eigenvalue weighted by Crippen LogP contribution is -2.78. The first-order valence-corrected chi connectivity index (χ1v) is 16.5. The van der Waals surface area contributed by atoms with E-state index in [9.17, 15) is 44.4 Å². The van der Waals surface area contributed by atoms with Crippen LogP contribution in [0.3, 0.4) is 0 Å². The highest BCUT2D eigenvalue weighted by Gasteiger charge is 2.86. The second-order valence-corrected chi connectivity index (χ2v) is 13.3. The topological polar surface area (TPSA) is 212 Å². The number of carbonyl (C=O) groups excluding carboxylic acids is 3. The zero-order valence-corrected chi connectivity index (χ0v) is 29.2. The number of hydrogen-bond acceptors (Lipinski definition) is 12. The average molecular weight is 705 g/mol. The van der Waals surface area contributed by atoms with Gasteiger partial charge in [0.1, 0.15) is 12.2 Å². The molecule has 276 valence electrons. The minimum atomic E-state index is -3.67. The standard InChI is InChI=1S/C36H48O14/c1-8-20(2)18-21(3)14-15-26(38)48-29-28(39)34(49-30(31(40)41)35(45,33(44)46-7)36(29,50-34)32(42)43)17-16-22(4)27(47-24(6)37)23(5)19-25-12-10-9-11-13-25/h9-15,20-21,23,27-30,39,45H,4,8,16-19H2,1-3,5-7H3,(H,40,41)(H,42,43)/b15-14+/t20-,21+,23+,27?,28+,29-,30?,34?,35?,36?/m0/s1. The second-order valence-electron chi connectivity index (χ2n) is 13.3. The summed E-state index contributed by atoms with van der Waals surface area (Å²) in [5, 5.41) is 44.2. The Labute approximate surface area is 291 Å². The van der Waals surface area contributed by atoms with Gasteiger partial charge in [-0.05, 0) is 42.2 Å². The molecule has 0 aromatic heterocycles. The largest absolute Gasteiger partial charge is 0.479 e. The highest BCUT2D eigenvalue weighted by Crippen LogP contribution is 2.56. The van der Waals surface area contributed by atoms with E-state index in [2.05, 4.69) is 11.3 Å². The molecule has 0 radical (unpaired) electrons. The number of fused-ring (bicyclic) bond motifs is 2. The van der Waals surface area contributed by atoms with Crippen LogP contribution in [0.1, 0.15) is 65.9 Å². The predicted molar refractivity (Wildman–Crippen MR) is 175 cm³/mol. The molecule has 10 atom stereocenters. The van der Waals surface area contributed by atoms with Gasteiger partial charge in [0.05, 0.1) is 7.11 Å². The monoisotopic (exact) mass is 704 g/mol. The summed E-state index contributed by atoms with van der Waals surface area (Å²) in [6.45, 7) is 13.0. The zero-order chi connectivity index (χ0) is 37.6. The number of rotatable bonds is 17. The number of carboxylic acids is 2. The van der Waals surface area contributed by atoms with Gasteiger partial charge in [-0.3, -0.25) is 4.79 Å². The Bertz CT molecular complexity index is 1460. The quantitative estimate of drug-likeness (QED) is 0.0795. The Kier molecular flexibility index (Phi) is 13.1. The molecule has 14 heteroatoms. The van der Waals surface area contributed by atoms with E-state index in [0.717, 1.165) is 31.6 Å². The minimum Gasteiger partial charge on any atom is -0.479 e. The molecule has 0 spiro atoms. The van der Waals surface area contributed by atoms with Gasteiger partial charge < -0.3 is 44.1 Å². The number of hydrogen-bond donors (Lipinski definition) is 4. The maximum atomic E-state index is 13.1. The van der Waals surface area contributed by atoms with Gasteiger partial charge in [0.25, 0.3) is 0 Å². The fourth-order valence-corrected chi connectivity index (χ4v) is 6.73. The van der Waals surface area contributed by atoms with Crippen molar-refractivity contribution in [2.24, 2.45) is 17.8 Å². The third-order valence-electron chi connectivity index (χ3n) is 9.46. The Morgan fingerprint density at radius 3 is 2.26 bits per heavy atom. The molecule has 5 unspecified atom stereocenters. The van der Waals surface area contributed by atoms with Crippen molar-refractivity contribution < 1.29 is 68.1 Å². The van der Waals surface area contributed by atoms with Crippen LogP contribution in [0.5, 0.6) is 0 Å². The molecule has 2 aliphatic heterocycles. The second kappa shape index (κ2) is 16.3. The van der Waals surface area contributed by atoms with Crippen LogP contribution in [0.15, 0.2) is 54.6 Å². The maximum Gasteiger partial charge on any atom is 0.345 e. The van der Waals surface area contributed by atoms with Crippen LogP contribution < -0.4 is 0 Å². The summed E-state index contributed by atoms with van der Waals surface area (Å²) in [5.41, 5.74) is -5.87. The lowest BCUT2D eigenvalue weighted by Gasteiger charge is -2.49. The molecule has 14 nitrogen and oxygen atoms in total. The van der Waals surface area contributed by atoms with E-state index in [1.165, 1.54) is 13.0 Å². The fourth-order valence-electron chi connectivity index (χ4n) is 6.73. The van der Waals surface area contributed by atoms with Crippen LogP contribution in [0, 0.1) is 17.8 Å². The third-order valence-corrected chi connectivity index (χ3v) is 9.46. The van der Waals surface area contributed by atoms with Crippen LogP contribution in [0.2, 0.25) is 0 Å². The first-order chi connectivity index (χ1) is 23.4. The van der Waals surface area contributed by atoms with Crippen molar-refractivity contribution in [3.05, 3.63) is 60.2 Å². The molecule has 3 rings (SSSR count). The van der Waals surface area contributed by atoms with Gasteiger partial charge in [0.15, 0.2) is 6.10 Å². The van der Waals surface area contributed by atoms with Gasteiger partial charge in [-0.2, -0.15) is 0 Å². The fraction of sp³-hybridized carbons (Fsp3) is 0.583. The number of allylic oxidation sites excluding steroid dienone is 1. The number of carboxylic acid groups (broad SMARTS) is 2. The zero-order valence-electron chi connectivity index (χ0n) is 29.2. The van der Waals surface area contributed by atoms with Crippen molar-refractivity contribution in [1.82, 2.24) is 0 Å². The van der Waals surface area contributed by atoms with Gasteiger partial charge in [0, 0.05) is 25.3 Å². The molecule has 2 aliphatic rings. The van der Waals surface area contributed by atoms with Crippen LogP contribution in [0.4, 0.5) is 0 Å². The Hall–Kier alpha value is -4.11. The molecular weight excluding hydrogens is 656 g/mol. The van der Waals surface area contributed by atoms with Crippen LogP contribution in [0.25, 0.3) is 0 Å². The Morgan fingerprint density at radius 1 is 1.08 bits per heavy atom. The molecule has 2 fully saturated rings. The highest BCUT2D eigenvalue weighted by atomic mass is 16.8. The molecule has 2 heterocycles. The van der Waals surface area contributed by atoms with E-state index in [0.29, 0.717) is 12.3 Å². The number of esters is 3. The van der Waals surface area contributed by atoms with Crippen molar-refractivity contribution >= 4 is 29.8 Å². The lowest BCUT2D eigenvalue weighted by atomic mass is 9.74. The van der Waals surface area contributed by atoms with Gasteiger partial charge in [0.2, 0.25) is 23.1 Å². The van der Waals surface area contributed by atoms with Crippen molar-refractivity contribution in [3.8, 4) is 0 Å². The number of methoxy groups -OCH3 is 1. The average Bonchev–Trinajstić information content (AvgIpc) is 3.28. The van der Waals surface area contributed by atoms with Crippen LogP contribution in [-0.2, 0) is 54.1 Å². The van der Waals surface area contributed by atoms with Crippen molar-refractivity contribution in [2.75, 3.05) is 7.11 Å². The molecule has 1 aromatic rings. The number of aliphatic hydroxyl groups excluding tert-OH is 1. The van der Waals surface area contributed by atoms with Crippen molar-refractivity contribution in [1.29, 1.82) is 0 Å². The van der Waals surface area contributed by atoms with Gasteiger partial charge in [-0.25, -0.2) is 19.2 Å². The van der Waals surface area contributed by atoms with E-state index < -0.39 is 77.7 Å². The molecule has 0 saturated carbocycles. The van der Waals surface area contributed by atoms with Crippen LogP contribution in [-0.4, -0.2) is 98.8 Å². The first kappa shape index (κ1) is 40.3. The molecule has 2 bridgehead atoms. The summed E-state index contributed by atoms with van der Waals surface area (Å²) in [6, 6.07) is 9.35. The molecular formula is C36H48O14. The molecule has 4 N–H and O–H groups in total. The van der Waals surface area contributed by atoms with E-state index in [1.54, 1.807) is 0 Å². The van der Waals surface area contributed by atoms with E-state index >= 15 is 0 Å². The predicted octanol–water partition coefficient (Wildman–Crippen LogP) is 2.97. The van der Waals surface area contributed by atoms with E-state index in [4.69, 9.17) is 18.9 Å². The summed E-state index contributed by atoms with van der Waals surface area (Å²) in [6.07, 6.45) is -4.36. The maximum absolute atomic E-state index is 13.1. The molecule has 2 saturated heterocycles. The number of carbonyl (C=O) groups is 5.